The van der Waals surface area contributed by atoms with Gasteiger partial charge in [0.2, 0.25) is 11.6 Å². The summed E-state index contributed by atoms with van der Waals surface area (Å²) in [5.74, 6) is -0.0296. The van der Waals surface area contributed by atoms with E-state index >= 15 is 0 Å². The highest BCUT2D eigenvalue weighted by atomic mass is 79.9. The number of nitro groups is 1. The highest BCUT2D eigenvalue weighted by molar-refractivity contribution is 9.10. The van der Waals surface area contributed by atoms with Gasteiger partial charge in [0, 0.05) is 6.07 Å². The third-order valence-corrected chi connectivity index (χ3v) is 3.11. The molecule has 0 atom stereocenters. The van der Waals surface area contributed by atoms with Crippen LogP contribution in [0.3, 0.4) is 0 Å². The number of para-hydroxylation sites is 1. The Hall–Kier alpha value is -1.93. The maximum absolute atomic E-state index is 10.9. The molecule has 0 bridgehead atoms. The van der Waals surface area contributed by atoms with E-state index in [1.165, 1.54) is 12.1 Å². The van der Waals surface area contributed by atoms with Crippen LogP contribution in [-0.4, -0.2) is 14.9 Å². The van der Waals surface area contributed by atoms with Crippen molar-refractivity contribution in [3.05, 3.63) is 44.1 Å². The Balaban J connectivity index is 2.49. The number of benzene rings is 1. The van der Waals surface area contributed by atoms with Gasteiger partial charge in [0.1, 0.15) is 17.2 Å². The average Bonchev–Trinajstić information content (AvgIpc) is 2.36. The molecule has 0 fully saturated rings. The van der Waals surface area contributed by atoms with Crippen molar-refractivity contribution >= 4 is 39.0 Å². The van der Waals surface area contributed by atoms with E-state index in [1.54, 1.807) is 6.07 Å². The van der Waals surface area contributed by atoms with Crippen LogP contribution >= 0.6 is 27.5 Å². The minimum Gasteiger partial charge on any atom is -0.429 e. The van der Waals surface area contributed by atoms with Crippen LogP contribution in [0.5, 0.6) is 11.6 Å². The molecule has 1 aromatic heterocycles. The topological polar surface area (TPSA) is 104 Å². The van der Waals surface area contributed by atoms with E-state index < -0.39 is 4.92 Å². The van der Waals surface area contributed by atoms with Gasteiger partial charge in [-0.15, -0.1) is 0 Å². The number of nitrogens with zero attached hydrogens (tertiary/aromatic N) is 3. The van der Waals surface area contributed by atoms with Gasteiger partial charge >= 0.3 is 5.69 Å². The van der Waals surface area contributed by atoms with Crippen molar-refractivity contribution in [2.75, 3.05) is 5.73 Å². The number of anilines is 1. The van der Waals surface area contributed by atoms with Crippen molar-refractivity contribution in [2.24, 2.45) is 0 Å². The summed E-state index contributed by atoms with van der Waals surface area (Å²) in [6, 6.07) is 4.42. The second-order valence-electron chi connectivity index (χ2n) is 3.33. The SMILES string of the molecule is Nc1ncnc(Oc2c(Br)cccc2[N+](=O)[O-])c1Cl. The first-order chi connectivity index (χ1) is 9.00. The van der Waals surface area contributed by atoms with E-state index in [4.69, 9.17) is 22.1 Å². The average molecular weight is 346 g/mol. The summed E-state index contributed by atoms with van der Waals surface area (Å²) in [5.41, 5.74) is 5.28. The molecular weight excluding hydrogens is 339 g/mol. The van der Waals surface area contributed by atoms with Crippen molar-refractivity contribution in [3.63, 3.8) is 0 Å². The van der Waals surface area contributed by atoms with Crippen molar-refractivity contribution < 1.29 is 9.66 Å². The van der Waals surface area contributed by atoms with Crippen molar-refractivity contribution in [1.82, 2.24) is 9.97 Å². The van der Waals surface area contributed by atoms with Gasteiger partial charge in [-0.1, -0.05) is 17.7 Å². The zero-order chi connectivity index (χ0) is 14.0. The Labute approximate surface area is 120 Å². The van der Waals surface area contributed by atoms with Crippen LogP contribution in [0, 0.1) is 10.1 Å². The predicted octanol–water partition coefficient (Wildman–Crippen LogP) is 3.18. The smallest absolute Gasteiger partial charge is 0.312 e. The molecule has 1 aromatic carbocycles. The minimum atomic E-state index is -0.571. The molecule has 0 saturated heterocycles. The Morgan fingerprint density at radius 3 is 2.84 bits per heavy atom. The zero-order valence-electron chi connectivity index (χ0n) is 9.21. The molecule has 0 saturated carbocycles. The molecule has 2 aromatic rings. The number of ether oxygens (including phenoxy) is 1. The second kappa shape index (κ2) is 5.37. The summed E-state index contributed by atoms with van der Waals surface area (Å²) in [6.45, 7) is 0. The van der Waals surface area contributed by atoms with Crippen molar-refractivity contribution in [1.29, 1.82) is 0 Å². The van der Waals surface area contributed by atoms with Gasteiger partial charge in [0.15, 0.2) is 0 Å². The van der Waals surface area contributed by atoms with Gasteiger partial charge < -0.3 is 10.5 Å². The fourth-order valence-electron chi connectivity index (χ4n) is 1.28. The Kier molecular flexibility index (Phi) is 3.82. The van der Waals surface area contributed by atoms with Gasteiger partial charge in [-0.05, 0) is 22.0 Å². The molecule has 0 unspecified atom stereocenters. The van der Waals surface area contributed by atoms with E-state index in [-0.39, 0.29) is 28.2 Å². The lowest BCUT2D eigenvalue weighted by Crippen LogP contribution is -1.99. The molecule has 0 spiro atoms. The molecule has 7 nitrogen and oxygen atoms in total. The lowest BCUT2D eigenvalue weighted by molar-refractivity contribution is -0.385. The summed E-state index contributed by atoms with van der Waals surface area (Å²) in [5, 5.41) is 10.9. The molecule has 2 N–H and O–H groups in total. The fourth-order valence-corrected chi connectivity index (χ4v) is 1.85. The van der Waals surface area contributed by atoms with Crippen LogP contribution in [0.4, 0.5) is 11.5 Å². The molecule has 0 radical (unpaired) electrons. The third kappa shape index (κ3) is 2.74. The highest BCUT2D eigenvalue weighted by Crippen LogP contribution is 2.39. The van der Waals surface area contributed by atoms with Crippen LogP contribution in [0.25, 0.3) is 0 Å². The monoisotopic (exact) mass is 344 g/mol. The molecule has 9 heteroatoms. The zero-order valence-corrected chi connectivity index (χ0v) is 11.6. The number of nitrogens with two attached hydrogens (primary N) is 1. The van der Waals surface area contributed by atoms with E-state index in [2.05, 4.69) is 25.9 Å². The third-order valence-electron chi connectivity index (χ3n) is 2.13. The van der Waals surface area contributed by atoms with Crippen LogP contribution in [-0.2, 0) is 0 Å². The lowest BCUT2D eigenvalue weighted by Gasteiger charge is -2.08. The number of halogens is 2. The van der Waals surface area contributed by atoms with E-state index in [1.807, 2.05) is 0 Å². The van der Waals surface area contributed by atoms with Crippen molar-refractivity contribution in [2.45, 2.75) is 0 Å². The quantitative estimate of drug-likeness (QED) is 0.676. The maximum atomic E-state index is 10.9. The van der Waals surface area contributed by atoms with Crippen LogP contribution in [0.15, 0.2) is 29.0 Å². The molecular formula is C10H6BrClN4O3. The van der Waals surface area contributed by atoms with E-state index in [0.29, 0.717) is 4.47 Å². The molecule has 0 aliphatic rings. The van der Waals surface area contributed by atoms with Gasteiger partial charge in [0.25, 0.3) is 0 Å². The van der Waals surface area contributed by atoms with Crippen LogP contribution < -0.4 is 10.5 Å². The van der Waals surface area contributed by atoms with Gasteiger partial charge in [-0.3, -0.25) is 10.1 Å². The number of nitrogen functional groups attached to an aromatic ring is 1. The van der Waals surface area contributed by atoms with Gasteiger partial charge in [-0.2, -0.15) is 4.98 Å². The van der Waals surface area contributed by atoms with E-state index in [0.717, 1.165) is 6.33 Å². The van der Waals surface area contributed by atoms with Crippen LogP contribution in [0.2, 0.25) is 5.02 Å². The number of aromatic nitrogens is 2. The molecule has 2 rings (SSSR count). The first-order valence-corrected chi connectivity index (χ1v) is 6.04. The molecule has 19 heavy (non-hydrogen) atoms. The number of hydrogen-bond donors (Lipinski definition) is 1. The predicted molar refractivity (Wildman–Crippen MR) is 72.3 cm³/mol. The number of nitro benzene ring substituents is 1. The number of rotatable bonds is 3. The molecule has 98 valence electrons. The van der Waals surface area contributed by atoms with Gasteiger partial charge in [0.05, 0.1) is 9.40 Å². The Bertz CT molecular complexity index is 653. The number of hydrogen-bond acceptors (Lipinski definition) is 6. The molecule has 0 aliphatic heterocycles. The maximum Gasteiger partial charge on any atom is 0.312 e. The summed E-state index contributed by atoms with van der Waals surface area (Å²) in [6.07, 6.45) is 1.15. The summed E-state index contributed by atoms with van der Waals surface area (Å²) < 4.78 is 5.76. The summed E-state index contributed by atoms with van der Waals surface area (Å²) >= 11 is 9.04. The van der Waals surface area contributed by atoms with Gasteiger partial charge in [-0.25, -0.2) is 4.98 Å². The largest absolute Gasteiger partial charge is 0.429 e. The summed E-state index contributed by atoms with van der Waals surface area (Å²) in [4.78, 5) is 17.8. The Morgan fingerprint density at radius 2 is 2.16 bits per heavy atom. The van der Waals surface area contributed by atoms with Crippen LogP contribution in [0.1, 0.15) is 0 Å². The normalized spacial score (nSPS) is 10.2. The molecule has 0 amide bonds. The van der Waals surface area contributed by atoms with Crippen molar-refractivity contribution in [3.8, 4) is 11.6 Å². The lowest BCUT2D eigenvalue weighted by atomic mass is 10.3. The Morgan fingerprint density at radius 1 is 1.42 bits per heavy atom. The second-order valence-corrected chi connectivity index (χ2v) is 4.56. The first-order valence-electron chi connectivity index (χ1n) is 4.87. The highest BCUT2D eigenvalue weighted by Gasteiger charge is 2.21. The standard InChI is InChI=1S/C10H6BrClN4O3/c11-5-2-1-3-6(16(17)18)8(5)19-10-7(12)9(13)14-4-15-10/h1-4H,(H2,13,14,15). The summed E-state index contributed by atoms with van der Waals surface area (Å²) in [7, 11) is 0. The first kappa shape index (κ1) is 13.5. The molecule has 1 heterocycles. The van der Waals surface area contributed by atoms with E-state index in [9.17, 15) is 10.1 Å². The fraction of sp³-hybridized carbons (Fsp3) is 0. The minimum absolute atomic E-state index is 0.00690. The molecule has 0 aliphatic carbocycles.